The third-order valence-corrected chi connectivity index (χ3v) is 9.13. The quantitative estimate of drug-likeness (QED) is 0.718. The Morgan fingerprint density at radius 3 is 2.24 bits per heavy atom. The normalized spacial score (nSPS) is 36.6. The molecule has 6 nitrogen and oxygen atoms in total. The van der Waals surface area contributed by atoms with E-state index in [9.17, 15) is 14.7 Å². The van der Waals surface area contributed by atoms with E-state index in [1.165, 1.54) is 51.4 Å². The zero-order chi connectivity index (χ0) is 22.7. The first kappa shape index (κ1) is 21.3. The van der Waals surface area contributed by atoms with Gasteiger partial charge in [-0.15, -0.1) is 0 Å². The van der Waals surface area contributed by atoms with Crippen molar-refractivity contribution in [1.82, 2.24) is 14.5 Å². The topological polar surface area (TPSA) is 78.3 Å². The number of aromatic nitrogens is 2. The molecule has 3 unspecified atom stereocenters. The van der Waals surface area contributed by atoms with Gasteiger partial charge < -0.3 is 14.5 Å². The summed E-state index contributed by atoms with van der Waals surface area (Å²) in [6.45, 7) is 2.43. The number of carboxylic acids is 1. The third-order valence-electron chi connectivity index (χ3n) is 9.13. The van der Waals surface area contributed by atoms with Gasteiger partial charge in [0.1, 0.15) is 0 Å². The average Bonchev–Trinajstić information content (AvgIpc) is 2.77. The minimum atomic E-state index is -1.49. The molecule has 33 heavy (non-hydrogen) atoms. The Balaban J connectivity index is 1.33. The maximum absolute atomic E-state index is 13.3. The molecule has 6 rings (SSSR count). The molecule has 1 aromatic carbocycles. The molecule has 0 radical (unpaired) electrons. The van der Waals surface area contributed by atoms with Gasteiger partial charge in [0.05, 0.1) is 17.0 Å². The van der Waals surface area contributed by atoms with E-state index in [0.717, 1.165) is 36.1 Å². The maximum Gasteiger partial charge on any atom is 0.279 e. The Morgan fingerprint density at radius 2 is 1.58 bits per heavy atom. The number of fused-ring (bicyclic) bond motifs is 5. The molecule has 0 N–H and O–H groups in total. The predicted octanol–water partition coefficient (Wildman–Crippen LogP) is 3.53. The molecule has 4 bridgehead atoms. The summed E-state index contributed by atoms with van der Waals surface area (Å²) in [5.41, 5.74) is 0.324. The van der Waals surface area contributed by atoms with Gasteiger partial charge in [0.2, 0.25) is 0 Å². The van der Waals surface area contributed by atoms with Gasteiger partial charge in [-0.3, -0.25) is 9.69 Å². The highest BCUT2D eigenvalue weighted by Gasteiger charge is 2.46. The summed E-state index contributed by atoms with van der Waals surface area (Å²) in [6.07, 6.45) is 12.3. The van der Waals surface area contributed by atoms with Gasteiger partial charge in [-0.2, -0.15) is 0 Å². The molecule has 176 valence electrons. The van der Waals surface area contributed by atoms with Crippen LogP contribution in [0.4, 0.5) is 0 Å². The van der Waals surface area contributed by atoms with Crippen molar-refractivity contribution in [3.63, 3.8) is 0 Å². The van der Waals surface area contributed by atoms with Crippen LogP contribution in [0, 0.1) is 17.8 Å². The number of aromatic carboxylic acids is 1. The molecule has 1 aromatic heterocycles. The van der Waals surface area contributed by atoms with Crippen molar-refractivity contribution in [2.75, 3.05) is 0 Å². The first-order valence-corrected chi connectivity index (χ1v) is 13.0. The van der Waals surface area contributed by atoms with Crippen LogP contribution in [0.5, 0.6) is 0 Å². The van der Waals surface area contributed by atoms with Crippen LogP contribution in [0.2, 0.25) is 0 Å². The summed E-state index contributed by atoms with van der Waals surface area (Å²) < 4.78 is 1.74. The largest absolute Gasteiger partial charge is 0.543 e. The van der Waals surface area contributed by atoms with Crippen LogP contribution in [-0.4, -0.2) is 38.5 Å². The fraction of sp³-hybridized carbons (Fsp3) is 0.667. The van der Waals surface area contributed by atoms with Crippen LogP contribution in [0.1, 0.15) is 87.7 Å². The Labute approximate surface area is 195 Å². The number of carbonyl (C=O) groups excluding carboxylic acids is 1. The monoisotopic (exact) mass is 448 g/mol. The minimum Gasteiger partial charge on any atom is -0.543 e. The molecule has 4 aliphatic rings. The maximum atomic E-state index is 13.3. The number of hydrogen-bond acceptors (Lipinski definition) is 5. The summed E-state index contributed by atoms with van der Waals surface area (Å²) in [5.74, 6) is 1.16. The zero-order valence-corrected chi connectivity index (χ0v) is 19.5. The Kier molecular flexibility index (Phi) is 5.32. The average molecular weight is 449 g/mol. The van der Waals surface area contributed by atoms with Crippen LogP contribution in [0.15, 0.2) is 29.1 Å². The van der Waals surface area contributed by atoms with Crippen molar-refractivity contribution in [3.05, 3.63) is 40.3 Å². The fourth-order valence-electron chi connectivity index (χ4n) is 8.24. The van der Waals surface area contributed by atoms with E-state index >= 15 is 0 Å². The standard InChI is InChI=1S/C27H35N3O3/c1-16-9-17-11-18(10-16)13-21(12-17)29-19-5-4-6-20(29)15-22(14-19)30-24-8-3-2-7-23(24)28-25(26(30)31)27(32)33/h2-3,7-8,16-22H,4-6,9-15H2,1H3,(H,32,33)/p-1/t16?,17-,18+,19-,20+,21?,22?. The molecule has 7 atom stereocenters. The molecule has 3 heterocycles. The van der Waals surface area contributed by atoms with Crippen molar-refractivity contribution in [3.8, 4) is 0 Å². The highest BCUT2D eigenvalue weighted by Crippen LogP contribution is 2.48. The van der Waals surface area contributed by atoms with Gasteiger partial charge in [-0.05, 0) is 87.7 Å². The van der Waals surface area contributed by atoms with Gasteiger partial charge in [0.15, 0.2) is 5.69 Å². The Bertz CT molecular complexity index is 1100. The van der Waals surface area contributed by atoms with E-state index < -0.39 is 17.2 Å². The van der Waals surface area contributed by atoms with Crippen molar-refractivity contribution >= 4 is 17.0 Å². The molecule has 4 fully saturated rings. The number of nitrogens with zero attached hydrogens (tertiary/aromatic N) is 3. The fourth-order valence-corrected chi connectivity index (χ4v) is 8.24. The molecule has 2 saturated heterocycles. The SMILES string of the molecule is CC1C[C@@H]2CC(N3[C@@H]4CCC[C@H]3CC(n3c(=O)c(C(=O)[O-])nc5ccccc53)C4)C[C@H](C1)C2. The molecule has 0 spiro atoms. The van der Waals surface area contributed by atoms with Crippen molar-refractivity contribution in [1.29, 1.82) is 0 Å². The predicted molar refractivity (Wildman–Crippen MR) is 125 cm³/mol. The van der Waals surface area contributed by atoms with E-state index in [1.54, 1.807) is 10.6 Å². The number of piperidine rings is 2. The summed E-state index contributed by atoms with van der Waals surface area (Å²) in [7, 11) is 0. The smallest absolute Gasteiger partial charge is 0.279 e. The highest BCUT2D eigenvalue weighted by atomic mass is 16.4. The Morgan fingerprint density at radius 1 is 0.909 bits per heavy atom. The van der Waals surface area contributed by atoms with E-state index in [2.05, 4.69) is 16.8 Å². The van der Waals surface area contributed by atoms with E-state index in [4.69, 9.17) is 0 Å². The molecule has 6 heteroatoms. The number of hydrogen-bond donors (Lipinski definition) is 0. The van der Waals surface area contributed by atoms with E-state index in [-0.39, 0.29) is 6.04 Å². The number of para-hydroxylation sites is 2. The second kappa shape index (κ2) is 8.23. The summed E-state index contributed by atoms with van der Waals surface area (Å²) in [5, 5.41) is 11.7. The van der Waals surface area contributed by atoms with E-state index in [1.807, 2.05) is 18.2 Å². The highest BCUT2D eigenvalue weighted by molar-refractivity contribution is 5.86. The first-order valence-electron chi connectivity index (χ1n) is 13.0. The summed E-state index contributed by atoms with van der Waals surface area (Å²) in [4.78, 5) is 31.9. The van der Waals surface area contributed by atoms with Crippen LogP contribution in [0.3, 0.4) is 0 Å². The molecule has 0 amide bonds. The molecule has 2 aliphatic carbocycles. The molecule has 2 aliphatic heterocycles. The molecular formula is C27H34N3O3-. The summed E-state index contributed by atoms with van der Waals surface area (Å²) in [6, 6.07) is 9.07. The van der Waals surface area contributed by atoms with Gasteiger partial charge in [-0.1, -0.05) is 25.5 Å². The van der Waals surface area contributed by atoms with Crippen LogP contribution < -0.4 is 10.7 Å². The zero-order valence-electron chi connectivity index (χ0n) is 19.5. The van der Waals surface area contributed by atoms with Crippen LogP contribution >= 0.6 is 0 Å². The number of carboxylic acid groups (broad SMARTS) is 1. The van der Waals surface area contributed by atoms with Gasteiger partial charge in [0, 0.05) is 24.2 Å². The van der Waals surface area contributed by atoms with Crippen molar-refractivity contribution in [2.24, 2.45) is 17.8 Å². The molecule has 2 saturated carbocycles. The van der Waals surface area contributed by atoms with Gasteiger partial charge in [-0.25, -0.2) is 4.98 Å². The van der Waals surface area contributed by atoms with E-state index in [0.29, 0.717) is 23.6 Å². The van der Waals surface area contributed by atoms with Crippen LogP contribution in [0.25, 0.3) is 11.0 Å². The number of carbonyl (C=O) groups is 1. The number of rotatable bonds is 3. The lowest BCUT2D eigenvalue weighted by Gasteiger charge is -2.55. The lowest BCUT2D eigenvalue weighted by atomic mass is 9.65. The van der Waals surface area contributed by atoms with Gasteiger partial charge >= 0.3 is 0 Å². The lowest BCUT2D eigenvalue weighted by Crippen LogP contribution is -2.59. The lowest BCUT2D eigenvalue weighted by molar-refractivity contribution is -0.255. The third kappa shape index (κ3) is 3.71. The van der Waals surface area contributed by atoms with Gasteiger partial charge in [0.25, 0.3) is 5.56 Å². The molecule has 2 aromatic rings. The first-order chi connectivity index (χ1) is 16.0. The molecular weight excluding hydrogens is 414 g/mol. The second-order valence-electron chi connectivity index (χ2n) is 11.4. The van der Waals surface area contributed by atoms with Crippen LogP contribution in [-0.2, 0) is 0 Å². The summed E-state index contributed by atoms with van der Waals surface area (Å²) >= 11 is 0. The second-order valence-corrected chi connectivity index (χ2v) is 11.4. The van der Waals surface area contributed by atoms with Crippen molar-refractivity contribution < 1.29 is 9.90 Å². The Hall–Kier alpha value is -2.21. The number of benzene rings is 1. The minimum absolute atomic E-state index is 0.0122. The van der Waals surface area contributed by atoms with Crippen molar-refractivity contribution in [2.45, 2.75) is 95.3 Å².